The molecule has 0 saturated heterocycles. The Kier molecular flexibility index (Phi) is 15.2. The zero-order valence-corrected chi connectivity index (χ0v) is 18.3. The quantitative estimate of drug-likeness (QED) is 0.231. The van der Waals surface area contributed by atoms with Gasteiger partial charge < -0.3 is 39.1 Å². The Labute approximate surface area is 109 Å². The van der Waals surface area contributed by atoms with E-state index >= 15 is 0 Å². The predicted molar refractivity (Wildman–Crippen MR) is 71.6 cm³/mol. The van der Waals surface area contributed by atoms with Crippen LogP contribution in [0.1, 0.15) is 0 Å². The van der Waals surface area contributed by atoms with E-state index in [1.807, 2.05) is 0 Å². The topological polar surface area (TPSA) is 116 Å². The molecule has 16 heavy (non-hydrogen) atoms. The van der Waals surface area contributed by atoms with Gasteiger partial charge in [-0.25, -0.2) is 0 Å². The molecule has 98 valence electrons. The molecule has 3 N–H and O–H groups in total. The molecule has 0 saturated carbocycles. The Morgan fingerprint density at radius 1 is 0.688 bits per heavy atom. The largest absolute Gasteiger partial charge is 0.462 e. The van der Waals surface area contributed by atoms with E-state index in [1.165, 1.54) is 0 Å². The van der Waals surface area contributed by atoms with Crippen LogP contribution in [0, 0.1) is 0 Å². The Hall–Kier alpha value is 1.16. The lowest BCUT2D eigenvalue weighted by Crippen LogP contribution is -2.30. The van der Waals surface area contributed by atoms with Crippen LogP contribution in [-0.4, -0.2) is 84.0 Å². The SMILES string of the molecule is O[SiH2]O[SiH2]O[SiH2]O[SiH](O)O[SiH2]O[SiH2]O[SiH2]O. The average molecular weight is 357 g/mol. The molecule has 0 rings (SSSR count). The highest BCUT2D eigenvalue weighted by molar-refractivity contribution is 6.53. The summed E-state index contributed by atoms with van der Waals surface area (Å²) in [6.45, 7) is 0. The van der Waals surface area contributed by atoms with Crippen LogP contribution in [0.5, 0.6) is 0 Å². The van der Waals surface area contributed by atoms with Gasteiger partial charge >= 0.3 is 9.53 Å². The summed E-state index contributed by atoms with van der Waals surface area (Å²) in [6, 6.07) is 0. The van der Waals surface area contributed by atoms with Crippen LogP contribution in [0.4, 0.5) is 0 Å². The summed E-state index contributed by atoms with van der Waals surface area (Å²) in [5, 5.41) is 0. The number of hydrogen-bond acceptors (Lipinski definition) is 9. The van der Waals surface area contributed by atoms with Gasteiger partial charge in [-0.3, -0.25) is 0 Å². The lowest BCUT2D eigenvalue weighted by Gasteiger charge is -2.11. The van der Waals surface area contributed by atoms with Crippen LogP contribution in [-0.2, 0) is 24.7 Å². The van der Waals surface area contributed by atoms with E-state index in [2.05, 4.69) is 0 Å². The zero-order chi connectivity index (χ0) is 12.1. The second-order valence-electron chi connectivity index (χ2n) is 2.19. The van der Waals surface area contributed by atoms with Gasteiger partial charge in [-0.05, 0) is 0 Å². The number of hydrogen-bond donors (Lipinski definition) is 3. The minimum absolute atomic E-state index is 1.11. The summed E-state index contributed by atoms with van der Waals surface area (Å²) < 4.78 is 29.5. The first-order valence-corrected chi connectivity index (χ1v) is 12.7. The maximum Gasteiger partial charge on any atom is 0.462 e. The van der Waals surface area contributed by atoms with E-state index in [0.29, 0.717) is 0 Å². The van der Waals surface area contributed by atoms with E-state index in [4.69, 9.17) is 34.3 Å². The monoisotopic (exact) mass is 356 g/mol. The zero-order valence-electron chi connectivity index (χ0n) is 8.61. The third kappa shape index (κ3) is 13.2. The Morgan fingerprint density at radius 2 is 1.12 bits per heavy atom. The fourth-order valence-corrected chi connectivity index (χ4v) is 9.41. The molecule has 0 spiro atoms. The molecule has 9 nitrogen and oxygen atoms in total. The second kappa shape index (κ2) is 14.2. The molecule has 0 aliphatic heterocycles. The average Bonchev–Trinajstić information content (AvgIpc) is 2.28. The lowest BCUT2D eigenvalue weighted by atomic mass is 15.7. The molecule has 0 atom stereocenters. The maximum atomic E-state index is 9.23. The van der Waals surface area contributed by atoms with Crippen molar-refractivity contribution >= 4 is 69.6 Å². The number of rotatable bonds is 12. The Morgan fingerprint density at radius 3 is 1.50 bits per heavy atom. The molecular weight excluding hydrogens is 341 g/mol. The minimum atomic E-state index is -2.60. The minimum Gasteiger partial charge on any atom is -0.425 e. The van der Waals surface area contributed by atoms with Gasteiger partial charge in [0.1, 0.15) is 0 Å². The summed E-state index contributed by atoms with van der Waals surface area (Å²) in [5.41, 5.74) is 0. The van der Waals surface area contributed by atoms with Crippen molar-refractivity contribution < 1.29 is 39.1 Å². The van der Waals surface area contributed by atoms with E-state index in [1.54, 1.807) is 0 Å². The van der Waals surface area contributed by atoms with Crippen molar-refractivity contribution in [1.29, 1.82) is 0 Å². The van der Waals surface area contributed by atoms with Gasteiger partial charge in [-0.1, -0.05) is 0 Å². The molecular formula is H16O9Si7. The first kappa shape index (κ1) is 17.2. The van der Waals surface area contributed by atoms with Gasteiger partial charge in [0.2, 0.25) is 0 Å². The molecule has 0 aromatic carbocycles. The van der Waals surface area contributed by atoms with Crippen molar-refractivity contribution in [3.05, 3.63) is 0 Å². The van der Waals surface area contributed by atoms with Gasteiger partial charge in [0.25, 0.3) is 60.0 Å². The third-order valence-corrected chi connectivity index (χ3v) is 9.93. The van der Waals surface area contributed by atoms with E-state index in [0.717, 1.165) is 0 Å². The highest BCUT2D eigenvalue weighted by Gasteiger charge is 2.09. The molecule has 0 amide bonds. The summed E-state index contributed by atoms with van der Waals surface area (Å²) in [6.07, 6.45) is 0. The first-order valence-electron chi connectivity index (χ1n) is 4.25. The molecule has 0 aliphatic carbocycles. The van der Waals surface area contributed by atoms with Crippen molar-refractivity contribution in [1.82, 2.24) is 0 Å². The second-order valence-corrected chi connectivity index (χ2v) is 13.5. The van der Waals surface area contributed by atoms with Crippen molar-refractivity contribution in [3.63, 3.8) is 0 Å². The summed E-state index contributed by atoms with van der Waals surface area (Å²) >= 11 is 0. The normalized spacial score (nSPS) is 17.4. The van der Waals surface area contributed by atoms with Gasteiger partial charge in [-0.15, -0.1) is 0 Å². The predicted octanol–water partition coefficient (Wildman–Crippen LogP) is -8.23. The van der Waals surface area contributed by atoms with Gasteiger partial charge in [0.15, 0.2) is 0 Å². The van der Waals surface area contributed by atoms with E-state index < -0.39 is 69.6 Å². The molecule has 0 unspecified atom stereocenters. The van der Waals surface area contributed by atoms with Crippen molar-refractivity contribution in [3.8, 4) is 0 Å². The molecule has 0 aliphatic rings. The van der Waals surface area contributed by atoms with E-state index in [9.17, 15) is 4.80 Å². The van der Waals surface area contributed by atoms with Crippen LogP contribution in [0.25, 0.3) is 0 Å². The standard InChI is InChI=1S/H16O9Si7/c1-10-4-12-6-14-8-16(3)9-15-7-13-5-11-2/h1-3,16H,10-15H2. The lowest BCUT2D eigenvalue weighted by molar-refractivity contribution is 0.271. The van der Waals surface area contributed by atoms with Crippen LogP contribution in [0.15, 0.2) is 0 Å². The molecule has 0 fully saturated rings. The maximum absolute atomic E-state index is 9.23. The summed E-state index contributed by atoms with van der Waals surface area (Å²) in [7, 11) is -10.1. The molecule has 0 radical (unpaired) electrons. The highest BCUT2D eigenvalue weighted by Crippen LogP contribution is 1.83. The fourth-order valence-electron chi connectivity index (χ4n) is 0.521. The molecule has 16 heteroatoms. The Balaban J connectivity index is 3.09. The van der Waals surface area contributed by atoms with Gasteiger partial charge in [0, 0.05) is 0 Å². The smallest absolute Gasteiger partial charge is 0.425 e. The van der Waals surface area contributed by atoms with E-state index in [-0.39, 0.29) is 0 Å². The van der Waals surface area contributed by atoms with Crippen LogP contribution < -0.4 is 0 Å². The molecule has 0 aromatic rings. The van der Waals surface area contributed by atoms with Gasteiger partial charge in [-0.2, -0.15) is 0 Å². The van der Waals surface area contributed by atoms with Gasteiger partial charge in [0.05, 0.1) is 0 Å². The van der Waals surface area contributed by atoms with Crippen LogP contribution in [0.3, 0.4) is 0 Å². The first-order chi connectivity index (χ1) is 7.81. The third-order valence-electron chi connectivity index (χ3n) is 1.10. The van der Waals surface area contributed by atoms with Crippen LogP contribution in [0.2, 0.25) is 0 Å². The highest BCUT2D eigenvalue weighted by atomic mass is 28.4. The summed E-state index contributed by atoms with van der Waals surface area (Å²) in [5.74, 6) is 0. The summed E-state index contributed by atoms with van der Waals surface area (Å²) in [4.78, 5) is 26.1. The van der Waals surface area contributed by atoms with Crippen molar-refractivity contribution in [2.45, 2.75) is 0 Å². The molecule has 0 heterocycles. The Bertz CT molecular complexity index is 119. The van der Waals surface area contributed by atoms with Crippen LogP contribution >= 0.6 is 0 Å². The fraction of sp³-hybridized carbons (Fsp3) is 0. The molecule has 0 aromatic heterocycles. The molecule has 0 bridgehead atoms. The van der Waals surface area contributed by atoms with Crippen molar-refractivity contribution in [2.75, 3.05) is 0 Å². The van der Waals surface area contributed by atoms with Crippen molar-refractivity contribution in [2.24, 2.45) is 0 Å².